The summed E-state index contributed by atoms with van der Waals surface area (Å²) < 4.78 is 32.8. The summed E-state index contributed by atoms with van der Waals surface area (Å²) in [5.41, 5.74) is 3.50. The molecule has 7 nitrogen and oxygen atoms in total. The summed E-state index contributed by atoms with van der Waals surface area (Å²) in [6.45, 7) is 4.71. The van der Waals surface area contributed by atoms with Crippen molar-refractivity contribution in [2.75, 3.05) is 13.2 Å². The second-order valence-electron chi connectivity index (χ2n) is 10.1. The van der Waals surface area contributed by atoms with E-state index in [1.807, 2.05) is 48.5 Å². The van der Waals surface area contributed by atoms with Crippen molar-refractivity contribution in [2.24, 2.45) is 17.3 Å². The number of ether oxygens (including phenoxy) is 1. The number of hydrogen-bond donors (Lipinski definition) is 3. The monoisotopic (exact) mass is 486 g/mol. The number of alkyl halides is 2. The largest absolute Gasteiger partial charge is 0.481 e. The Morgan fingerprint density at radius 2 is 1.57 bits per heavy atom. The fraction of sp³-hybridized carbons (Fsp3) is 0.423. The fourth-order valence-electron chi connectivity index (χ4n) is 4.73. The van der Waals surface area contributed by atoms with Crippen LogP contribution in [0.15, 0.2) is 48.5 Å². The molecule has 2 unspecified atom stereocenters. The molecule has 2 aliphatic carbocycles. The van der Waals surface area contributed by atoms with Crippen LogP contribution in [-0.2, 0) is 14.3 Å². The van der Waals surface area contributed by atoms with E-state index in [0.29, 0.717) is 0 Å². The summed E-state index contributed by atoms with van der Waals surface area (Å²) in [7, 11) is 0. The van der Waals surface area contributed by atoms with Gasteiger partial charge in [-0.25, -0.2) is 13.6 Å². The Kier molecular flexibility index (Phi) is 6.29. The maximum absolute atomic E-state index is 13.6. The van der Waals surface area contributed by atoms with Crippen molar-refractivity contribution in [1.29, 1.82) is 0 Å². The molecular weight excluding hydrogens is 458 g/mol. The minimum atomic E-state index is -3.36. The number of alkyl carbamates (subject to hydrolysis) is 1. The van der Waals surface area contributed by atoms with E-state index in [-0.39, 0.29) is 12.5 Å². The smallest absolute Gasteiger partial charge is 0.407 e. The number of nitrogens with one attached hydrogen (secondary N) is 2. The van der Waals surface area contributed by atoms with Crippen LogP contribution in [0.4, 0.5) is 13.6 Å². The molecule has 0 spiro atoms. The van der Waals surface area contributed by atoms with Gasteiger partial charge in [-0.2, -0.15) is 0 Å². The van der Waals surface area contributed by atoms with Crippen LogP contribution >= 0.6 is 0 Å². The lowest BCUT2D eigenvalue weighted by molar-refractivity contribution is -0.141. The SMILES string of the molecule is CC(C)(C)[C@H](NC(=O)OCC1c2ccccc2-c2ccccc21)C(=O)NCC1C(C(=O)O)C1(F)F. The molecule has 2 amide bonds. The highest BCUT2D eigenvalue weighted by molar-refractivity contribution is 5.87. The van der Waals surface area contributed by atoms with Gasteiger partial charge in [-0.3, -0.25) is 9.59 Å². The number of rotatable bonds is 7. The number of fused-ring (bicyclic) bond motifs is 3. The zero-order chi connectivity index (χ0) is 25.5. The minimum absolute atomic E-state index is 0.0624. The lowest BCUT2D eigenvalue weighted by atomic mass is 9.86. The molecule has 1 saturated carbocycles. The van der Waals surface area contributed by atoms with Gasteiger partial charge in [0.25, 0.3) is 5.92 Å². The quantitative estimate of drug-likeness (QED) is 0.548. The van der Waals surface area contributed by atoms with Gasteiger partial charge in [0, 0.05) is 12.5 Å². The molecule has 0 heterocycles. The van der Waals surface area contributed by atoms with E-state index in [0.717, 1.165) is 22.3 Å². The van der Waals surface area contributed by atoms with Gasteiger partial charge in [0.2, 0.25) is 5.91 Å². The van der Waals surface area contributed by atoms with Crippen molar-refractivity contribution in [2.45, 2.75) is 38.7 Å². The highest BCUT2D eigenvalue weighted by Crippen LogP contribution is 2.55. The zero-order valence-corrected chi connectivity index (χ0v) is 19.7. The van der Waals surface area contributed by atoms with E-state index >= 15 is 0 Å². The first-order valence-electron chi connectivity index (χ1n) is 11.4. The molecule has 2 aromatic rings. The van der Waals surface area contributed by atoms with Crippen LogP contribution in [0.25, 0.3) is 11.1 Å². The van der Waals surface area contributed by atoms with E-state index < -0.39 is 53.7 Å². The number of amides is 2. The highest BCUT2D eigenvalue weighted by Gasteiger charge is 2.72. The summed E-state index contributed by atoms with van der Waals surface area (Å²) in [6.07, 6.45) is -0.804. The first-order valence-corrected chi connectivity index (χ1v) is 11.4. The second-order valence-corrected chi connectivity index (χ2v) is 10.1. The Morgan fingerprint density at radius 3 is 2.06 bits per heavy atom. The van der Waals surface area contributed by atoms with Crippen molar-refractivity contribution in [3.05, 3.63) is 59.7 Å². The van der Waals surface area contributed by atoms with Gasteiger partial charge in [0.1, 0.15) is 18.6 Å². The maximum Gasteiger partial charge on any atom is 0.407 e. The van der Waals surface area contributed by atoms with E-state index in [2.05, 4.69) is 10.6 Å². The molecular formula is C26H28F2N2O5. The van der Waals surface area contributed by atoms with Crippen molar-refractivity contribution < 1.29 is 33.0 Å². The fourth-order valence-corrected chi connectivity index (χ4v) is 4.73. The van der Waals surface area contributed by atoms with Crippen LogP contribution in [0.3, 0.4) is 0 Å². The molecule has 3 atom stereocenters. The average Bonchev–Trinajstić information content (AvgIpc) is 3.21. The molecule has 0 aromatic heterocycles. The van der Waals surface area contributed by atoms with Crippen LogP contribution in [0.5, 0.6) is 0 Å². The first-order chi connectivity index (χ1) is 16.4. The average molecular weight is 487 g/mol. The normalized spacial score (nSPS) is 20.8. The maximum atomic E-state index is 13.6. The molecule has 186 valence electrons. The highest BCUT2D eigenvalue weighted by atomic mass is 19.3. The molecule has 3 N–H and O–H groups in total. The Hall–Kier alpha value is -3.49. The summed E-state index contributed by atoms with van der Waals surface area (Å²) in [5, 5.41) is 13.8. The molecule has 0 aliphatic heterocycles. The summed E-state index contributed by atoms with van der Waals surface area (Å²) in [6, 6.07) is 14.7. The molecule has 0 bridgehead atoms. The first kappa shape index (κ1) is 24.6. The van der Waals surface area contributed by atoms with Crippen LogP contribution in [0.2, 0.25) is 0 Å². The topological polar surface area (TPSA) is 105 Å². The van der Waals surface area contributed by atoms with Crippen molar-refractivity contribution in [1.82, 2.24) is 10.6 Å². The van der Waals surface area contributed by atoms with Crippen molar-refractivity contribution >= 4 is 18.0 Å². The predicted molar refractivity (Wildman–Crippen MR) is 124 cm³/mol. The van der Waals surface area contributed by atoms with Crippen LogP contribution in [0, 0.1) is 17.3 Å². The second kappa shape index (κ2) is 8.94. The number of carbonyl (C=O) groups excluding carboxylic acids is 2. The minimum Gasteiger partial charge on any atom is -0.481 e. The van der Waals surface area contributed by atoms with Crippen molar-refractivity contribution in [3.63, 3.8) is 0 Å². The molecule has 9 heteroatoms. The van der Waals surface area contributed by atoms with Gasteiger partial charge >= 0.3 is 12.1 Å². The van der Waals surface area contributed by atoms with E-state index in [4.69, 9.17) is 9.84 Å². The summed E-state index contributed by atoms with van der Waals surface area (Å²) in [5.74, 6) is -9.09. The van der Waals surface area contributed by atoms with E-state index in [1.54, 1.807) is 20.8 Å². The van der Waals surface area contributed by atoms with Gasteiger partial charge in [0.15, 0.2) is 0 Å². The van der Waals surface area contributed by atoms with E-state index in [9.17, 15) is 23.2 Å². The Balaban J connectivity index is 1.38. The summed E-state index contributed by atoms with van der Waals surface area (Å²) >= 11 is 0. The van der Waals surface area contributed by atoms with E-state index in [1.165, 1.54) is 0 Å². The third-order valence-electron chi connectivity index (χ3n) is 6.70. The number of benzene rings is 2. The molecule has 0 radical (unpaired) electrons. The molecule has 35 heavy (non-hydrogen) atoms. The lowest BCUT2D eigenvalue weighted by Crippen LogP contribution is -2.54. The van der Waals surface area contributed by atoms with Crippen LogP contribution in [-0.4, -0.2) is 48.2 Å². The number of hydrogen-bond acceptors (Lipinski definition) is 4. The van der Waals surface area contributed by atoms with Gasteiger partial charge in [-0.05, 0) is 27.7 Å². The number of carboxylic acid groups (broad SMARTS) is 1. The van der Waals surface area contributed by atoms with Crippen LogP contribution < -0.4 is 10.6 Å². The third kappa shape index (κ3) is 4.72. The van der Waals surface area contributed by atoms with Gasteiger partial charge in [-0.1, -0.05) is 69.3 Å². The Labute approximate surface area is 201 Å². The lowest BCUT2D eigenvalue weighted by Gasteiger charge is -2.30. The molecule has 0 saturated heterocycles. The Bertz CT molecular complexity index is 1110. The molecule has 1 fully saturated rings. The number of aliphatic carboxylic acids is 1. The van der Waals surface area contributed by atoms with Crippen molar-refractivity contribution in [3.8, 4) is 11.1 Å². The molecule has 4 rings (SSSR count). The molecule has 2 aliphatic rings. The number of halogens is 2. The third-order valence-corrected chi connectivity index (χ3v) is 6.70. The molecule has 2 aromatic carbocycles. The standard InChI is InChI=1S/C26H28F2N2O5/c1-25(2,3)21(22(31)29-12-19-20(23(32)33)26(19,27)28)30-24(34)35-13-18-16-10-6-4-8-14(16)15-9-5-7-11-17(15)18/h4-11,18-21H,12-13H2,1-3H3,(H,29,31)(H,30,34)(H,32,33)/t19?,20?,21-/m1/s1. The Morgan fingerprint density at radius 1 is 1.03 bits per heavy atom. The van der Waals surface area contributed by atoms with Crippen LogP contribution in [0.1, 0.15) is 37.8 Å². The number of carbonyl (C=O) groups is 3. The van der Waals surface area contributed by atoms with Gasteiger partial charge in [-0.15, -0.1) is 0 Å². The van der Waals surface area contributed by atoms with Gasteiger partial charge < -0.3 is 20.5 Å². The number of carboxylic acids is 1. The zero-order valence-electron chi connectivity index (χ0n) is 19.7. The van der Waals surface area contributed by atoms with Gasteiger partial charge in [0.05, 0.1) is 5.92 Å². The predicted octanol–water partition coefficient (Wildman–Crippen LogP) is 4.02. The summed E-state index contributed by atoms with van der Waals surface area (Å²) in [4.78, 5) is 36.4.